The SMILES string of the molecule is O=C(O)C=Cc1cc(-c2ccccc2)cs1. The summed E-state index contributed by atoms with van der Waals surface area (Å²) in [4.78, 5) is 11.3. The maximum atomic E-state index is 10.4. The molecule has 16 heavy (non-hydrogen) atoms. The van der Waals surface area contributed by atoms with E-state index in [0.717, 1.165) is 22.1 Å². The quantitative estimate of drug-likeness (QED) is 0.819. The van der Waals surface area contributed by atoms with E-state index in [0.29, 0.717) is 0 Å². The molecule has 0 aliphatic rings. The van der Waals surface area contributed by atoms with Gasteiger partial charge in [0.25, 0.3) is 0 Å². The summed E-state index contributed by atoms with van der Waals surface area (Å²) in [5.41, 5.74) is 2.27. The third kappa shape index (κ3) is 2.58. The van der Waals surface area contributed by atoms with Crippen LogP contribution in [0.25, 0.3) is 17.2 Å². The molecule has 1 aromatic carbocycles. The summed E-state index contributed by atoms with van der Waals surface area (Å²) < 4.78 is 0. The smallest absolute Gasteiger partial charge is 0.328 e. The Morgan fingerprint density at radius 1 is 1.19 bits per heavy atom. The van der Waals surface area contributed by atoms with Crippen LogP contribution >= 0.6 is 11.3 Å². The molecule has 1 heterocycles. The Kier molecular flexibility index (Phi) is 3.17. The van der Waals surface area contributed by atoms with Gasteiger partial charge in [-0.3, -0.25) is 0 Å². The van der Waals surface area contributed by atoms with E-state index in [2.05, 4.69) is 0 Å². The normalized spacial score (nSPS) is 10.8. The highest BCUT2D eigenvalue weighted by Gasteiger charge is 1.99. The van der Waals surface area contributed by atoms with Gasteiger partial charge in [-0.15, -0.1) is 11.3 Å². The first-order chi connectivity index (χ1) is 7.75. The molecule has 2 rings (SSSR count). The Morgan fingerprint density at radius 2 is 1.94 bits per heavy atom. The molecule has 0 radical (unpaired) electrons. The van der Waals surface area contributed by atoms with Crippen LogP contribution < -0.4 is 0 Å². The van der Waals surface area contributed by atoms with Crippen LogP contribution in [0.15, 0.2) is 47.9 Å². The zero-order valence-corrected chi connectivity index (χ0v) is 9.28. The number of hydrogen-bond acceptors (Lipinski definition) is 2. The molecule has 0 fully saturated rings. The van der Waals surface area contributed by atoms with Crippen molar-refractivity contribution in [1.29, 1.82) is 0 Å². The number of carbonyl (C=O) groups is 1. The van der Waals surface area contributed by atoms with E-state index < -0.39 is 5.97 Å². The van der Waals surface area contributed by atoms with Crippen LogP contribution in [-0.4, -0.2) is 11.1 Å². The Morgan fingerprint density at radius 3 is 2.62 bits per heavy atom. The van der Waals surface area contributed by atoms with Crippen LogP contribution in [0.4, 0.5) is 0 Å². The van der Waals surface area contributed by atoms with Crippen molar-refractivity contribution in [2.24, 2.45) is 0 Å². The predicted octanol–water partition coefficient (Wildman–Crippen LogP) is 3.51. The van der Waals surface area contributed by atoms with Gasteiger partial charge in [0, 0.05) is 11.0 Å². The second kappa shape index (κ2) is 4.77. The van der Waals surface area contributed by atoms with Crippen molar-refractivity contribution in [1.82, 2.24) is 0 Å². The summed E-state index contributed by atoms with van der Waals surface area (Å²) in [5, 5.41) is 10.5. The maximum absolute atomic E-state index is 10.4. The van der Waals surface area contributed by atoms with E-state index in [9.17, 15) is 4.79 Å². The molecule has 0 spiro atoms. The van der Waals surface area contributed by atoms with Crippen molar-refractivity contribution in [2.45, 2.75) is 0 Å². The number of hydrogen-bond donors (Lipinski definition) is 1. The van der Waals surface area contributed by atoms with Crippen molar-refractivity contribution < 1.29 is 9.90 Å². The number of aliphatic carboxylic acids is 1. The van der Waals surface area contributed by atoms with Gasteiger partial charge >= 0.3 is 5.97 Å². The summed E-state index contributed by atoms with van der Waals surface area (Å²) in [6, 6.07) is 12.0. The van der Waals surface area contributed by atoms with Crippen molar-refractivity contribution in [3.05, 3.63) is 52.7 Å². The number of rotatable bonds is 3. The molecule has 0 saturated heterocycles. The summed E-state index contributed by atoms with van der Waals surface area (Å²) >= 11 is 1.54. The molecule has 80 valence electrons. The lowest BCUT2D eigenvalue weighted by Crippen LogP contribution is -1.84. The van der Waals surface area contributed by atoms with Gasteiger partial charge in [0.15, 0.2) is 0 Å². The molecule has 3 heteroatoms. The van der Waals surface area contributed by atoms with Crippen molar-refractivity contribution >= 4 is 23.4 Å². The minimum Gasteiger partial charge on any atom is -0.478 e. The highest BCUT2D eigenvalue weighted by atomic mass is 32.1. The first-order valence-corrected chi connectivity index (χ1v) is 5.68. The minimum absolute atomic E-state index is 0.922. The molecule has 0 amide bonds. The largest absolute Gasteiger partial charge is 0.478 e. The Bertz CT molecular complexity index is 512. The maximum Gasteiger partial charge on any atom is 0.328 e. The summed E-state index contributed by atoms with van der Waals surface area (Å²) in [5.74, 6) is -0.922. The zero-order chi connectivity index (χ0) is 11.4. The lowest BCUT2D eigenvalue weighted by molar-refractivity contribution is -0.131. The van der Waals surface area contributed by atoms with Crippen LogP contribution in [0.3, 0.4) is 0 Å². The average Bonchev–Trinajstić information content (AvgIpc) is 2.76. The first-order valence-electron chi connectivity index (χ1n) is 4.80. The van der Waals surface area contributed by atoms with Crippen LogP contribution in [0.1, 0.15) is 4.88 Å². The monoisotopic (exact) mass is 230 g/mol. The van der Waals surface area contributed by atoms with Gasteiger partial charge in [-0.2, -0.15) is 0 Å². The molecule has 0 bridgehead atoms. The van der Waals surface area contributed by atoms with Crippen LogP contribution in [0, 0.1) is 0 Å². The van der Waals surface area contributed by atoms with E-state index in [-0.39, 0.29) is 0 Å². The van der Waals surface area contributed by atoms with Gasteiger partial charge in [0.1, 0.15) is 0 Å². The summed E-state index contributed by atoms with van der Waals surface area (Å²) in [7, 11) is 0. The van der Waals surface area contributed by atoms with Gasteiger partial charge in [0.2, 0.25) is 0 Å². The van der Waals surface area contributed by atoms with E-state index in [1.54, 1.807) is 6.08 Å². The fourth-order valence-electron chi connectivity index (χ4n) is 1.38. The van der Waals surface area contributed by atoms with Gasteiger partial charge in [-0.25, -0.2) is 4.79 Å². The van der Waals surface area contributed by atoms with Crippen molar-refractivity contribution in [3.8, 4) is 11.1 Å². The fraction of sp³-hybridized carbons (Fsp3) is 0. The molecular formula is C13H10O2S. The first kappa shape index (κ1) is 10.6. The third-order valence-corrected chi connectivity index (χ3v) is 3.01. The Labute approximate surface area is 97.5 Å². The fourth-order valence-corrected chi connectivity index (χ4v) is 2.18. The summed E-state index contributed by atoms with van der Waals surface area (Å²) in [6.45, 7) is 0. The van der Waals surface area contributed by atoms with Gasteiger partial charge in [-0.1, -0.05) is 30.3 Å². The van der Waals surface area contributed by atoms with E-state index in [1.807, 2.05) is 41.8 Å². The number of benzene rings is 1. The molecule has 0 saturated carbocycles. The number of thiophene rings is 1. The predicted molar refractivity (Wildman–Crippen MR) is 66.4 cm³/mol. The van der Waals surface area contributed by atoms with Crippen LogP contribution in [0.2, 0.25) is 0 Å². The van der Waals surface area contributed by atoms with E-state index in [4.69, 9.17) is 5.11 Å². The van der Waals surface area contributed by atoms with Crippen LogP contribution in [0.5, 0.6) is 0 Å². The number of carboxylic acid groups (broad SMARTS) is 1. The standard InChI is InChI=1S/C13H10O2S/c14-13(15)7-6-12-8-11(9-16-12)10-4-2-1-3-5-10/h1-9H,(H,14,15). The lowest BCUT2D eigenvalue weighted by atomic mass is 10.1. The molecule has 1 N–H and O–H groups in total. The van der Waals surface area contributed by atoms with E-state index >= 15 is 0 Å². The van der Waals surface area contributed by atoms with Crippen molar-refractivity contribution in [3.63, 3.8) is 0 Å². The number of carboxylic acids is 1. The topological polar surface area (TPSA) is 37.3 Å². The lowest BCUT2D eigenvalue weighted by Gasteiger charge is -1.94. The molecule has 0 aliphatic heterocycles. The molecule has 1 aromatic heterocycles. The molecule has 2 nitrogen and oxygen atoms in total. The highest BCUT2D eigenvalue weighted by Crippen LogP contribution is 2.25. The van der Waals surface area contributed by atoms with Gasteiger partial charge in [-0.05, 0) is 28.6 Å². The Hall–Kier alpha value is -1.87. The average molecular weight is 230 g/mol. The zero-order valence-electron chi connectivity index (χ0n) is 8.46. The van der Waals surface area contributed by atoms with E-state index in [1.165, 1.54) is 11.3 Å². The van der Waals surface area contributed by atoms with Crippen molar-refractivity contribution in [2.75, 3.05) is 0 Å². The third-order valence-electron chi connectivity index (χ3n) is 2.12. The molecule has 0 unspecified atom stereocenters. The van der Waals surface area contributed by atoms with Crippen LogP contribution in [-0.2, 0) is 4.79 Å². The van der Waals surface area contributed by atoms with Gasteiger partial charge in [0.05, 0.1) is 0 Å². The highest BCUT2D eigenvalue weighted by molar-refractivity contribution is 7.11. The van der Waals surface area contributed by atoms with Gasteiger partial charge < -0.3 is 5.11 Å². The molecule has 2 aromatic rings. The Balaban J connectivity index is 2.23. The molecular weight excluding hydrogens is 220 g/mol. The second-order valence-electron chi connectivity index (χ2n) is 3.28. The summed E-state index contributed by atoms with van der Waals surface area (Å²) in [6.07, 6.45) is 2.76. The molecule has 0 atom stereocenters. The second-order valence-corrected chi connectivity index (χ2v) is 4.22. The molecule has 0 aliphatic carbocycles. The minimum atomic E-state index is -0.922.